The Morgan fingerprint density at radius 3 is 2.57 bits per heavy atom. The van der Waals surface area contributed by atoms with E-state index in [0.29, 0.717) is 5.91 Å². The Morgan fingerprint density at radius 2 is 1.83 bits per heavy atom. The van der Waals surface area contributed by atoms with Crippen LogP contribution in [0.5, 0.6) is 0 Å². The van der Waals surface area contributed by atoms with Crippen molar-refractivity contribution in [3.05, 3.63) is 34.9 Å². The molecule has 0 unspecified atom stereocenters. The highest BCUT2D eigenvalue weighted by molar-refractivity contribution is 5.82. The molecule has 0 radical (unpaired) electrons. The van der Waals surface area contributed by atoms with Crippen LogP contribution in [0.15, 0.2) is 18.2 Å². The van der Waals surface area contributed by atoms with Crippen LogP contribution in [0.4, 0.5) is 0 Å². The van der Waals surface area contributed by atoms with E-state index in [1.165, 1.54) is 16.7 Å². The number of piperazine rings is 1. The molecule has 1 amide bonds. The summed E-state index contributed by atoms with van der Waals surface area (Å²) in [6, 6.07) is 6.63. The highest BCUT2D eigenvalue weighted by Crippen LogP contribution is 2.22. The van der Waals surface area contributed by atoms with Crippen molar-refractivity contribution in [2.45, 2.75) is 39.3 Å². The molecule has 0 aromatic heterocycles. The lowest BCUT2D eigenvalue weighted by Crippen LogP contribution is -2.56. The number of rotatable bonds is 3. The van der Waals surface area contributed by atoms with Crippen LogP contribution in [0, 0.1) is 13.8 Å². The molecule has 23 heavy (non-hydrogen) atoms. The smallest absolute Gasteiger partial charge is 0.240 e. The molecule has 0 spiro atoms. The minimum atomic E-state index is 0.0996. The lowest BCUT2D eigenvalue weighted by Gasteiger charge is -2.42. The van der Waals surface area contributed by atoms with Gasteiger partial charge in [-0.3, -0.25) is 9.69 Å². The lowest BCUT2D eigenvalue weighted by molar-refractivity contribution is -0.141. The number of hydrogen-bond acceptors (Lipinski definition) is 3. The van der Waals surface area contributed by atoms with Crippen LogP contribution in [0.2, 0.25) is 0 Å². The van der Waals surface area contributed by atoms with Crippen molar-refractivity contribution in [2.75, 3.05) is 39.8 Å². The van der Waals surface area contributed by atoms with Gasteiger partial charge in [0.1, 0.15) is 0 Å². The van der Waals surface area contributed by atoms with Crippen LogP contribution >= 0.6 is 0 Å². The molecule has 2 aliphatic heterocycles. The second-order valence-electron chi connectivity index (χ2n) is 7.19. The Hall–Kier alpha value is -1.39. The predicted octanol–water partition coefficient (Wildman–Crippen LogP) is 2.04. The normalized spacial score (nSPS) is 24.2. The molecule has 3 rings (SSSR count). The van der Waals surface area contributed by atoms with Gasteiger partial charge in [0.25, 0.3) is 0 Å². The Labute approximate surface area is 140 Å². The number of likely N-dealkylation sites (N-methyl/N-ethyl adjacent to an activating group) is 1. The van der Waals surface area contributed by atoms with Crippen LogP contribution < -0.4 is 0 Å². The van der Waals surface area contributed by atoms with Gasteiger partial charge in [-0.1, -0.05) is 23.8 Å². The zero-order chi connectivity index (χ0) is 16.4. The highest BCUT2D eigenvalue weighted by Gasteiger charge is 2.34. The van der Waals surface area contributed by atoms with Crippen molar-refractivity contribution in [1.29, 1.82) is 0 Å². The summed E-state index contributed by atoms with van der Waals surface area (Å²) >= 11 is 0. The van der Waals surface area contributed by atoms with Gasteiger partial charge >= 0.3 is 0 Å². The van der Waals surface area contributed by atoms with Crippen molar-refractivity contribution >= 4 is 5.91 Å². The molecule has 2 fully saturated rings. The molecule has 4 heteroatoms. The number of hydrogen-bond donors (Lipinski definition) is 0. The lowest BCUT2D eigenvalue weighted by atomic mass is 9.99. The van der Waals surface area contributed by atoms with E-state index in [1.54, 1.807) is 0 Å². The topological polar surface area (TPSA) is 26.8 Å². The van der Waals surface area contributed by atoms with Gasteiger partial charge in [-0.2, -0.15) is 0 Å². The summed E-state index contributed by atoms with van der Waals surface area (Å²) in [5.41, 5.74) is 3.84. The van der Waals surface area contributed by atoms with Crippen LogP contribution in [-0.2, 0) is 11.3 Å². The fourth-order valence-electron chi connectivity index (χ4n) is 3.73. The summed E-state index contributed by atoms with van der Waals surface area (Å²) in [7, 11) is 2.16. The molecule has 2 heterocycles. The van der Waals surface area contributed by atoms with Crippen LogP contribution in [-0.4, -0.2) is 66.4 Å². The molecular weight excluding hydrogens is 286 g/mol. The van der Waals surface area contributed by atoms with Crippen LogP contribution in [0.1, 0.15) is 29.5 Å². The zero-order valence-corrected chi connectivity index (χ0v) is 14.7. The Bertz CT molecular complexity index is 564. The monoisotopic (exact) mass is 315 g/mol. The molecule has 2 aliphatic rings. The third-order valence-electron chi connectivity index (χ3n) is 5.35. The summed E-state index contributed by atoms with van der Waals surface area (Å²) in [5, 5.41) is 0. The maximum absolute atomic E-state index is 13.0. The number of benzene rings is 1. The third-order valence-corrected chi connectivity index (χ3v) is 5.35. The van der Waals surface area contributed by atoms with E-state index < -0.39 is 0 Å². The van der Waals surface area contributed by atoms with E-state index >= 15 is 0 Å². The van der Waals surface area contributed by atoms with E-state index in [9.17, 15) is 4.79 Å². The summed E-state index contributed by atoms with van der Waals surface area (Å²) in [4.78, 5) is 19.8. The van der Waals surface area contributed by atoms with E-state index in [-0.39, 0.29) is 6.04 Å². The molecule has 4 nitrogen and oxygen atoms in total. The first-order chi connectivity index (χ1) is 11.0. The SMILES string of the molecule is Cc1ccc(C)c(CN2CCC[C@H](N3CCN(C)CC3)C2=O)c1. The molecule has 0 bridgehead atoms. The second-order valence-corrected chi connectivity index (χ2v) is 7.19. The Balaban J connectivity index is 1.68. The number of nitrogens with zero attached hydrogens (tertiary/aromatic N) is 3. The first kappa shape index (κ1) is 16.5. The van der Waals surface area contributed by atoms with Crippen molar-refractivity contribution in [1.82, 2.24) is 14.7 Å². The fraction of sp³-hybridized carbons (Fsp3) is 0.632. The van der Waals surface area contributed by atoms with E-state index in [2.05, 4.69) is 53.8 Å². The quantitative estimate of drug-likeness (QED) is 0.854. The molecule has 0 saturated carbocycles. The number of amides is 1. The largest absolute Gasteiger partial charge is 0.337 e. The molecule has 1 atom stereocenters. The summed E-state index contributed by atoms with van der Waals surface area (Å²) in [5.74, 6) is 0.335. The van der Waals surface area contributed by atoms with Crippen LogP contribution in [0.3, 0.4) is 0 Å². The first-order valence-electron chi connectivity index (χ1n) is 8.82. The van der Waals surface area contributed by atoms with E-state index in [0.717, 1.165) is 52.1 Å². The first-order valence-corrected chi connectivity index (χ1v) is 8.82. The van der Waals surface area contributed by atoms with Crippen molar-refractivity contribution in [3.8, 4) is 0 Å². The van der Waals surface area contributed by atoms with Crippen molar-refractivity contribution in [3.63, 3.8) is 0 Å². The number of piperidine rings is 1. The minimum absolute atomic E-state index is 0.0996. The van der Waals surface area contributed by atoms with Gasteiger partial charge in [-0.15, -0.1) is 0 Å². The number of carbonyl (C=O) groups excluding carboxylic acids is 1. The average molecular weight is 315 g/mol. The van der Waals surface area contributed by atoms with Crippen molar-refractivity contribution in [2.24, 2.45) is 0 Å². The third kappa shape index (κ3) is 3.75. The Kier molecular flexibility index (Phi) is 5.02. The second kappa shape index (κ2) is 7.02. The van der Waals surface area contributed by atoms with Crippen LogP contribution in [0.25, 0.3) is 0 Å². The van der Waals surface area contributed by atoms with Gasteiger partial charge in [-0.05, 0) is 44.9 Å². The molecule has 126 valence electrons. The molecule has 0 N–H and O–H groups in total. The minimum Gasteiger partial charge on any atom is -0.337 e. The molecule has 0 aliphatic carbocycles. The summed E-state index contributed by atoms with van der Waals surface area (Å²) in [6.45, 7) is 10.1. The van der Waals surface area contributed by atoms with Gasteiger partial charge < -0.3 is 9.80 Å². The van der Waals surface area contributed by atoms with Gasteiger partial charge in [0.15, 0.2) is 0 Å². The fourth-order valence-corrected chi connectivity index (χ4v) is 3.73. The molecule has 1 aromatic carbocycles. The van der Waals surface area contributed by atoms with Crippen molar-refractivity contribution < 1.29 is 4.79 Å². The molecule has 1 aromatic rings. The number of aryl methyl sites for hydroxylation is 2. The average Bonchev–Trinajstić information content (AvgIpc) is 2.54. The Morgan fingerprint density at radius 1 is 1.09 bits per heavy atom. The van der Waals surface area contributed by atoms with Gasteiger partial charge in [0.05, 0.1) is 6.04 Å². The van der Waals surface area contributed by atoms with Gasteiger partial charge in [0, 0.05) is 39.3 Å². The zero-order valence-electron chi connectivity index (χ0n) is 14.7. The van der Waals surface area contributed by atoms with E-state index in [1.807, 2.05) is 0 Å². The molecular formula is C19H29N3O. The summed E-state index contributed by atoms with van der Waals surface area (Å²) < 4.78 is 0. The van der Waals surface area contributed by atoms with Gasteiger partial charge in [0.2, 0.25) is 5.91 Å². The summed E-state index contributed by atoms with van der Waals surface area (Å²) in [6.07, 6.45) is 2.14. The number of likely N-dealkylation sites (tertiary alicyclic amines) is 1. The maximum atomic E-state index is 13.0. The van der Waals surface area contributed by atoms with Gasteiger partial charge in [-0.25, -0.2) is 0 Å². The molecule has 2 saturated heterocycles. The predicted molar refractivity (Wildman–Crippen MR) is 93.4 cm³/mol. The van der Waals surface area contributed by atoms with E-state index in [4.69, 9.17) is 0 Å². The highest BCUT2D eigenvalue weighted by atomic mass is 16.2. The number of carbonyl (C=O) groups is 1. The standard InChI is InChI=1S/C19H29N3O/c1-15-6-7-16(2)17(13-15)14-22-8-4-5-18(19(22)23)21-11-9-20(3)10-12-21/h6-7,13,18H,4-5,8-12,14H2,1-3H3/t18-/m0/s1. The maximum Gasteiger partial charge on any atom is 0.240 e.